The van der Waals surface area contributed by atoms with Crippen molar-refractivity contribution in [2.45, 2.75) is 0 Å². The van der Waals surface area contributed by atoms with Crippen LogP contribution in [0.5, 0.6) is 0 Å². The van der Waals surface area contributed by atoms with Gasteiger partial charge in [-0.15, -0.1) is 0 Å². The molecule has 5 heteroatoms. The van der Waals surface area contributed by atoms with Gasteiger partial charge in [0.2, 0.25) is 0 Å². The van der Waals surface area contributed by atoms with Crippen molar-refractivity contribution in [3.63, 3.8) is 0 Å². The fraction of sp³-hybridized carbons (Fsp3) is 0. The summed E-state index contributed by atoms with van der Waals surface area (Å²) >= 11 is 3.33. The minimum atomic E-state index is 0.326. The molecule has 0 saturated carbocycles. The van der Waals surface area contributed by atoms with Crippen LogP contribution in [0.25, 0.3) is 11.3 Å². The van der Waals surface area contributed by atoms with Crippen LogP contribution < -0.4 is 0 Å². The van der Waals surface area contributed by atoms with E-state index in [0.717, 1.165) is 10.0 Å². The molecule has 0 atom stereocenters. The number of aldehydes is 1. The lowest BCUT2D eigenvalue weighted by atomic mass is 10.1. The quantitative estimate of drug-likeness (QED) is 0.832. The van der Waals surface area contributed by atoms with E-state index in [1.807, 2.05) is 24.3 Å². The number of nitrogens with zero attached hydrogens (tertiary/aromatic N) is 2. The van der Waals surface area contributed by atoms with E-state index in [4.69, 9.17) is 0 Å². The summed E-state index contributed by atoms with van der Waals surface area (Å²) in [7, 11) is 0. The van der Waals surface area contributed by atoms with Gasteiger partial charge in [0, 0.05) is 10.0 Å². The van der Waals surface area contributed by atoms with Crippen LogP contribution in [-0.4, -0.2) is 21.7 Å². The first-order valence-corrected chi connectivity index (χ1v) is 4.72. The Hall–Kier alpha value is -1.49. The highest BCUT2D eigenvalue weighted by atomic mass is 79.9. The van der Waals surface area contributed by atoms with Gasteiger partial charge < -0.3 is 0 Å². The summed E-state index contributed by atoms with van der Waals surface area (Å²) in [6, 6.07) is 7.51. The maximum absolute atomic E-state index is 10.6. The van der Waals surface area contributed by atoms with E-state index in [1.165, 1.54) is 0 Å². The van der Waals surface area contributed by atoms with Crippen LogP contribution in [0, 0.1) is 0 Å². The summed E-state index contributed by atoms with van der Waals surface area (Å²) in [5.41, 5.74) is 1.77. The summed E-state index contributed by atoms with van der Waals surface area (Å²) in [5, 5.41) is 10.0. The van der Waals surface area contributed by atoms with Crippen molar-refractivity contribution >= 4 is 22.2 Å². The summed E-state index contributed by atoms with van der Waals surface area (Å²) in [6.07, 6.45) is 0.681. The van der Waals surface area contributed by atoms with Crippen molar-refractivity contribution in [2.24, 2.45) is 0 Å². The van der Waals surface area contributed by atoms with E-state index < -0.39 is 0 Å². The number of nitrogens with one attached hydrogen (secondary N) is 1. The average Bonchev–Trinajstić information content (AvgIpc) is 2.67. The lowest BCUT2D eigenvalue weighted by Gasteiger charge is -1.96. The average molecular weight is 252 g/mol. The molecule has 0 bridgehead atoms. The van der Waals surface area contributed by atoms with Gasteiger partial charge in [-0.1, -0.05) is 28.1 Å². The number of benzene rings is 1. The van der Waals surface area contributed by atoms with Crippen molar-refractivity contribution in [3.8, 4) is 11.3 Å². The predicted octanol–water partition coefficient (Wildman–Crippen LogP) is 2.05. The number of halogens is 1. The molecule has 0 saturated heterocycles. The van der Waals surface area contributed by atoms with Gasteiger partial charge in [-0.05, 0) is 12.1 Å². The number of H-pyrrole nitrogens is 1. The van der Waals surface area contributed by atoms with E-state index in [0.29, 0.717) is 17.7 Å². The normalized spacial score (nSPS) is 10.1. The highest BCUT2D eigenvalue weighted by molar-refractivity contribution is 9.10. The highest BCUT2D eigenvalue weighted by Crippen LogP contribution is 2.20. The minimum Gasteiger partial charge on any atom is -0.296 e. The largest absolute Gasteiger partial charge is 0.296 e. The monoisotopic (exact) mass is 251 g/mol. The summed E-state index contributed by atoms with van der Waals surface area (Å²) < 4.78 is 0.984. The molecule has 14 heavy (non-hydrogen) atoms. The molecule has 4 nitrogen and oxygen atoms in total. The maximum atomic E-state index is 10.6. The number of aromatic nitrogens is 3. The second-order valence-electron chi connectivity index (χ2n) is 2.68. The molecule has 70 valence electrons. The van der Waals surface area contributed by atoms with Gasteiger partial charge in [0.25, 0.3) is 0 Å². The zero-order valence-electron chi connectivity index (χ0n) is 7.07. The van der Waals surface area contributed by atoms with Crippen LogP contribution in [0.4, 0.5) is 0 Å². The Morgan fingerprint density at radius 3 is 2.57 bits per heavy atom. The molecular weight excluding hydrogens is 246 g/mol. The Morgan fingerprint density at radius 2 is 1.93 bits per heavy atom. The molecule has 0 unspecified atom stereocenters. The Bertz CT molecular complexity index is 449. The van der Waals surface area contributed by atoms with Crippen LogP contribution in [-0.2, 0) is 0 Å². The first-order chi connectivity index (χ1) is 6.81. The van der Waals surface area contributed by atoms with Crippen LogP contribution in [0.2, 0.25) is 0 Å². The van der Waals surface area contributed by atoms with Crippen LogP contribution >= 0.6 is 15.9 Å². The van der Waals surface area contributed by atoms with Crippen LogP contribution in [0.3, 0.4) is 0 Å². The molecule has 2 aromatic rings. The number of hydrogen-bond donors (Lipinski definition) is 1. The molecule has 0 aliphatic heterocycles. The fourth-order valence-corrected chi connectivity index (χ4v) is 1.41. The number of carbonyl (C=O) groups is 1. The summed E-state index contributed by atoms with van der Waals surface area (Å²) in [4.78, 5) is 10.6. The first-order valence-electron chi connectivity index (χ1n) is 3.93. The highest BCUT2D eigenvalue weighted by Gasteiger charge is 2.08. The van der Waals surface area contributed by atoms with Gasteiger partial charge in [0.1, 0.15) is 5.69 Å². The van der Waals surface area contributed by atoms with Gasteiger partial charge in [-0.2, -0.15) is 15.4 Å². The van der Waals surface area contributed by atoms with E-state index in [2.05, 4.69) is 31.3 Å². The Morgan fingerprint density at radius 1 is 1.21 bits per heavy atom. The third kappa shape index (κ3) is 1.58. The number of hydrogen-bond acceptors (Lipinski definition) is 3. The van der Waals surface area contributed by atoms with E-state index in [1.54, 1.807) is 0 Å². The van der Waals surface area contributed by atoms with Gasteiger partial charge in [-0.3, -0.25) is 4.79 Å². The number of aromatic amines is 1. The molecule has 0 spiro atoms. The van der Waals surface area contributed by atoms with E-state index >= 15 is 0 Å². The number of rotatable bonds is 2. The van der Waals surface area contributed by atoms with Crippen molar-refractivity contribution < 1.29 is 4.79 Å². The molecule has 2 rings (SSSR count). The van der Waals surface area contributed by atoms with Gasteiger partial charge in [-0.25, -0.2) is 0 Å². The lowest BCUT2D eigenvalue weighted by Crippen LogP contribution is -1.85. The Labute approximate surface area is 88.5 Å². The Kier molecular flexibility index (Phi) is 2.41. The van der Waals surface area contributed by atoms with Crippen LogP contribution in [0.1, 0.15) is 10.5 Å². The molecule has 0 amide bonds. The second-order valence-corrected chi connectivity index (χ2v) is 3.60. The molecule has 0 radical (unpaired) electrons. The molecule has 1 aromatic heterocycles. The minimum absolute atomic E-state index is 0.326. The molecular formula is C9H6BrN3O. The third-order valence-electron chi connectivity index (χ3n) is 1.80. The van der Waals surface area contributed by atoms with Gasteiger partial charge >= 0.3 is 0 Å². The molecule has 0 aliphatic rings. The smallest absolute Gasteiger partial charge is 0.172 e. The summed E-state index contributed by atoms with van der Waals surface area (Å²) in [5.74, 6) is 0. The molecule has 1 heterocycles. The standard InChI is InChI=1S/C9H6BrN3O/c10-7-3-1-6(2-4-7)9-8(5-14)11-13-12-9/h1-5H,(H,11,12,13). The predicted molar refractivity (Wildman–Crippen MR) is 54.9 cm³/mol. The van der Waals surface area contributed by atoms with Crippen molar-refractivity contribution in [1.82, 2.24) is 15.4 Å². The first kappa shape index (κ1) is 9.08. The SMILES string of the molecule is O=Cc1n[nH]nc1-c1ccc(Br)cc1. The molecule has 1 aromatic carbocycles. The number of carbonyl (C=O) groups excluding carboxylic acids is 1. The fourth-order valence-electron chi connectivity index (χ4n) is 1.14. The second kappa shape index (κ2) is 3.71. The topological polar surface area (TPSA) is 58.6 Å². The van der Waals surface area contributed by atoms with Crippen molar-refractivity contribution in [1.29, 1.82) is 0 Å². The van der Waals surface area contributed by atoms with Crippen molar-refractivity contribution in [2.75, 3.05) is 0 Å². The molecule has 0 fully saturated rings. The van der Waals surface area contributed by atoms with Crippen molar-refractivity contribution in [3.05, 3.63) is 34.4 Å². The summed E-state index contributed by atoms with van der Waals surface area (Å²) in [6.45, 7) is 0. The Balaban J connectivity index is 2.49. The molecule has 0 aliphatic carbocycles. The van der Waals surface area contributed by atoms with Crippen LogP contribution in [0.15, 0.2) is 28.7 Å². The lowest BCUT2D eigenvalue weighted by molar-refractivity contribution is 0.111. The third-order valence-corrected chi connectivity index (χ3v) is 2.33. The van der Waals surface area contributed by atoms with E-state index in [-0.39, 0.29) is 0 Å². The molecule has 1 N–H and O–H groups in total. The maximum Gasteiger partial charge on any atom is 0.172 e. The van der Waals surface area contributed by atoms with Gasteiger partial charge in [0.05, 0.1) is 0 Å². The van der Waals surface area contributed by atoms with E-state index in [9.17, 15) is 4.79 Å². The zero-order valence-corrected chi connectivity index (χ0v) is 8.65. The zero-order chi connectivity index (χ0) is 9.97. The van der Waals surface area contributed by atoms with Gasteiger partial charge in [0.15, 0.2) is 12.0 Å².